The third-order valence-electron chi connectivity index (χ3n) is 4.86. The van der Waals surface area contributed by atoms with Gasteiger partial charge in [0.25, 0.3) is 0 Å². The number of hydrogen-bond donors (Lipinski definition) is 1. The van der Waals surface area contributed by atoms with Gasteiger partial charge in [0.05, 0.1) is 6.54 Å². The van der Waals surface area contributed by atoms with E-state index in [0.717, 1.165) is 31.5 Å². The molecule has 2 nitrogen and oxygen atoms in total. The lowest BCUT2D eigenvalue weighted by atomic mass is 9.80. The first-order chi connectivity index (χ1) is 10.6. The van der Waals surface area contributed by atoms with Crippen molar-refractivity contribution in [1.29, 1.82) is 0 Å². The summed E-state index contributed by atoms with van der Waals surface area (Å²) in [6.07, 6.45) is 4.55. The Hall–Kier alpha value is -1.30. The Balaban J connectivity index is 2.23. The Labute approximate surface area is 135 Å². The molecule has 1 fully saturated rings. The topological polar surface area (TPSA) is 23.5 Å². The largest absolute Gasteiger partial charge is 0.373 e. The lowest BCUT2D eigenvalue weighted by molar-refractivity contribution is 0.0367. The van der Waals surface area contributed by atoms with E-state index < -0.39 is 5.60 Å². The van der Waals surface area contributed by atoms with Gasteiger partial charge in [0.1, 0.15) is 0 Å². The first kappa shape index (κ1) is 17.1. The Kier molecular flexibility index (Phi) is 6.06. The number of hydrogen-bond acceptors (Lipinski definition) is 2. The fourth-order valence-corrected chi connectivity index (χ4v) is 3.38. The third kappa shape index (κ3) is 3.91. The Bertz CT molecular complexity index is 508. The van der Waals surface area contributed by atoms with Gasteiger partial charge in [-0.05, 0) is 38.8 Å². The van der Waals surface area contributed by atoms with Crippen LogP contribution < -0.4 is 0 Å². The molecule has 120 valence electrons. The SMILES string of the molecule is CCN(CC#CC(O)(c1ccccc1)C1CCCC1)C(C)C. The second-order valence-corrected chi connectivity index (χ2v) is 6.57. The molecule has 0 amide bonds. The van der Waals surface area contributed by atoms with Gasteiger partial charge in [-0.15, -0.1) is 0 Å². The third-order valence-corrected chi connectivity index (χ3v) is 4.86. The Morgan fingerprint density at radius 1 is 1.23 bits per heavy atom. The van der Waals surface area contributed by atoms with E-state index in [1.807, 2.05) is 30.3 Å². The zero-order chi connectivity index (χ0) is 16.0. The number of rotatable bonds is 5. The quantitative estimate of drug-likeness (QED) is 0.836. The molecule has 2 rings (SSSR count). The molecule has 1 unspecified atom stereocenters. The summed E-state index contributed by atoms with van der Waals surface area (Å²) >= 11 is 0. The molecular formula is C20H29NO. The van der Waals surface area contributed by atoms with E-state index in [1.165, 1.54) is 12.8 Å². The van der Waals surface area contributed by atoms with Crippen molar-refractivity contribution in [2.24, 2.45) is 5.92 Å². The minimum absolute atomic E-state index is 0.261. The summed E-state index contributed by atoms with van der Waals surface area (Å²) in [6.45, 7) is 8.23. The highest BCUT2D eigenvalue weighted by Crippen LogP contribution is 2.40. The van der Waals surface area contributed by atoms with E-state index in [9.17, 15) is 5.11 Å². The molecule has 0 spiro atoms. The van der Waals surface area contributed by atoms with Crippen molar-refractivity contribution in [1.82, 2.24) is 4.90 Å². The minimum Gasteiger partial charge on any atom is -0.373 e. The molecule has 1 saturated carbocycles. The fraction of sp³-hybridized carbons (Fsp3) is 0.600. The molecule has 1 aliphatic carbocycles. The van der Waals surface area contributed by atoms with Crippen molar-refractivity contribution in [3.05, 3.63) is 35.9 Å². The van der Waals surface area contributed by atoms with E-state index in [-0.39, 0.29) is 5.92 Å². The van der Waals surface area contributed by atoms with Gasteiger partial charge < -0.3 is 5.11 Å². The first-order valence-corrected chi connectivity index (χ1v) is 8.60. The molecule has 0 radical (unpaired) electrons. The first-order valence-electron chi connectivity index (χ1n) is 8.60. The number of benzene rings is 1. The second-order valence-electron chi connectivity index (χ2n) is 6.57. The van der Waals surface area contributed by atoms with Gasteiger partial charge in [-0.3, -0.25) is 4.90 Å². The van der Waals surface area contributed by atoms with Crippen LogP contribution in [0.5, 0.6) is 0 Å². The zero-order valence-corrected chi connectivity index (χ0v) is 14.2. The molecule has 0 aliphatic heterocycles. The minimum atomic E-state index is -0.992. The van der Waals surface area contributed by atoms with Crippen molar-refractivity contribution in [3.63, 3.8) is 0 Å². The lowest BCUT2D eigenvalue weighted by Gasteiger charge is -2.30. The summed E-state index contributed by atoms with van der Waals surface area (Å²) in [5.41, 5.74) is -0.0456. The van der Waals surface area contributed by atoms with E-state index in [4.69, 9.17) is 0 Å². The van der Waals surface area contributed by atoms with Crippen LogP contribution in [0.3, 0.4) is 0 Å². The second kappa shape index (κ2) is 7.81. The molecule has 0 bridgehead atoms. The number of nitrogens with zero attached hydrogens (tertiary/aromatic N) is 1. The van der Waals surface area contributed by atoms with Crippen molar-refractivity contribution in [2.45, 2.75) is 58.1 Å². The van der Waals surface area contributed by atoms with Gasteiger partial charge >= 0.3 is 0 Å². The lowest BCUT2D eigenvalue weighted by Crippen LogP contribution is -2.34. The summed E-state index contributed by atoms with van der Waals surface area (Å²) in [5.74, 6) is 6.76. The molecular weight excluding hydrogens is 270 g/mol. The smallest absolute Gasteiger partial charge is 0.153 e. The summed E-state index contributed by atoms with van der Waals surface area (Å²) in [7, 11) is 0. The van der Waals surface area contributed by atoms with Crippen LogP contribution in [0.15, 0.2) is 30.3 Å². The van der Waals surface area contributed by atoms with Gasteiger partial charge in [-0.1, -0.05) is 61.9 Å². The fourth-order valence-electron chi connectivity index (χ4n) is 3.38. The van der Waals surface area contributed by atoms with Gasteiger partial charge in [-0.2, -0.15) is 0 Å². The zero-order valence-electron chi connectivity index (χ0n) is 14.2. The Morgan fingerprint density at radius 2 is 1.86 bits per heavy atom. The molecule has 1 N–H and O–H groups in total. The summed E-state index contributed by atoms with van der Waals surface area (Å²) in [5, 5.41) is 11.3. The van der Waals surface area contributed by atoms with Crippen LogP contribution in [0.25, 0.3) is 0 Å². The molecule has 1 aromatic carbocycles. The van der Waals surface area contributed by atoms with Crippen molar-refractivity contribution >= 4 is 0 Å². The maximum Gasteiger partial charge on any atom is 0.153 e. The monoisotopic (exact) mass is 299 g/mol. The molecule has 0 aromatic heterocycles. The predicted octanol–water partition coefficient (Wildman–Crippen LogP) is 3.80. The van der Waals surface area contributed by atoms with Crippen molar-refractivity contribution < 1.29 is 5.11 Å². The molecule has 0 saturated heterocycles. The van der Waals surface area contributed by atoms with E-state index in [0.29, 0.717) is 6.04 Å². The molecule has 1 aliphatic rings. The van der Waals surface area contributed by atoms with Crippen LogP contribution in [-0.4, -0.2) is 29.1 Å². The maximum atomic E-state index is 11.3. The van der Waals surface area contributed by atoms with E-state index in [2.05, 4.69) is 37.5 Å². The van der Waals surface area contributed by atoms with Crippen LogP contribution in [0.2, 0.25) is 0 Å². The summed E-state index contributed by atoms with van der Waals surface area (Å²) < 4.78 is 0. The molecule has 22 heavy (non-hydrogen) atoms. The predicted molar refractivity (Wildman–Crippen MR) is 92.5 cm³/mol. The normalized spacial score (nSPS) is 18.3. The van der Waals surface area contributed by atoms with E-state index >= 15 is 0 Å². The molecule has 0 heterocycles. The highest BCUT2D eigenvalue weighted by molar-refractivity contribution is 5.33. The van der Waals surface area contributed by atoms with E-state index in [1.54, 1.807) is 0 Å². The van der Waals surface area contributed by atoms with Gasteiger partial charge in [0.15, 0.2) is 5.60 Å². The highest BCUT2D eigenvalue weighted by atomic mass is 16.3. The summed E-state index contributed by atoms with van der Waals surface area (Å²) in [4.78, 5) is 2.31. The average molecular weight is 299 g/mol. The van der Waals surface area contributed by atoms with Gasteiger partial charge in [-0.25, -0.2) is 0 Å². The van der Waals surface area contributed by atoms with Crippen LogP contribution in [0, 0.1) is 17.8 Å². The average Bonchev–Trinajstić information content (AvgIpc) is 3.07. The van der Waals surface area contributed by atoms with Crippen LogP contribution in [-0.2, 0) is 5.60 Å². The number of aliphatic hydroxyl groups is 1. The summed E-state index contributed by atoms with van der Waals surface area (Å²) in [6, 6.07) is 10.5. The highest BCUT2D eigenvalue weighted by Gasteiger charge is 2.38. The molecule has 2 heteroatoms. The van der Waals surface area contributed by atoms with Crippen LogP contribution in [0.1, 0.15) is 52.0 Å². The van der Waals surface area contributed by atoms with Crippen molar-refractivity contribution in [2.75, 3.05) is 13.1 Å². The van der Waals surface area contributed by atoms with Crippen LogP contribution >= 0.6 is 0 Å². The standard InChI is InChI=1S/C20H29NO/c1-4-21(17(2)3)16-10-15-20(22,19-13-8-9-14-19)18-11-6-5-7-12-18/h5-7,11-12,17,19,22H,4,8-9,13-14,16H2,1-3H3. The van der Waals surface area contributed by atoms with Gasteiger partial charge in [0, 0.05) is 12.0 Å². The van der Waals surface area contributed by atoms with Crippen molar-refractivity contribution in [3.8, 4) is 11.8 Å². The maximum absolute atomic E-state index is 11.3. The Morgan fingerprint density at radius 3 is 2.41 bits per heavy atom. The molecule has 1 aromatic rings. The van der Waals surface area contributed by atoms with Gasteiger partial charge in [0.2, 0.25) is 0 Å². The van der Waals surface area contributed by atoms with Crippen LogP contribution in [0.4, 0.5) is 0 Å². The molecule has 1 atom stereocenters.